The lowest BCUT2D eigenvalue weighted by atomic mass is 10.0. The van der Waals surface area contributed by atoms with E-state index in [0.717, 1.165) is 30.6 Å². The highest BCUT2D eigenvalue weighted by molar-refractivity contribution is 7.98. The molecular weight excluding hydrogens is 396 g/mol. The van der Waals surface area contributed by atoms with Crippen molar-refractivity contribution in [3.8, 4) is 28.8 Å². The van der Waals surface area contributed by atoms with E-state index in [1.165, 1.54) is 17.3 Å². The highest BCUT2D eigenvalue weighted by Gasteiger charge is 2.25. The molecule has 2 aromatic carbocycles. The Labute approximate surface area is 180 Å². The van der Waals surface area contributed by atoms with Gasteiger partial charge in [0.05, 0.1) is 19.9 Å². The summed E-state index contributed by atoms with van der Waals surface area (Å²) < 4.78 is 10.8. The number of aryl methyl sites for hydroxylation is 1. The lowest BCUT2D eigenvalue weighted by Gasteiger charge is -2.31. The summed E-state index contributed by atoms with van der Waals surface area (Å²) in [6.45, 7) is 0.807. The van der Waals surface area contributed by atoms with Crippen molar-refractivity contribution in [2.45, 2.75) is 18.0 Å². The number of benzene rings is 2. The Morgan fingerprint density at radius 2 is 1.87 bits per heavy atom. The Balaban J connectivity index is 1.92. The van der Waals surface area contributed by atoms with Gasteiger partial charge in [0.2, 0.25) is 0 Å². The van der Waals surface area contributed by atoms with Gasteiger partial charge < -0.3 is 14.4 Å². The first-order valence-electron chi connectivity index (χ1n) is 9.64. The molecule has 0 aliphatic carbocycles. The number of nitriles is 1. The lowest BCUT2D eigenvalue weighted by Crippen LogP contribution is -2.26. The van der Waals surface area contributed by atoms with Crippen molar-refractivity contribution in [2.24, 2.45) is 0 Å². The van der Waals surface area contributed by atoms with Gasteiger partial charge in [0, 0.05) is 17.8 Å². The van der Waals surface area contributed by atoms with Gasteiger partial charge in [-0.15, -0.1) is 0 Å². The minimum absolute atomic E-state index is 0.455. The van der Waals surface area contributed by atoms with Crippen molar-refractivity contribution in [2.75, 3.05) is 31.9 Å². The highest BCUT2D eigenvalue weighted by Crippen LogP contribution is 2.39. The molecule has 0 bridgehead atoms. The maximum atomic E-state index is 10.1. The molecule has 0 saturated heterocycles. The largest absolute Gasteiger partial charge is 0.493 e. The lowest BCUT2D eigenvalue weighted by molar-refractivity contribution is 0.355. The molecule has 0 unspecified atom stereocenters. The summed E-state index contributed by atoms with van der Waals surface area (Å²) in [5, 5.41) is 10.7. The van der Waals surface area contributed by atoms with Gasteiger partial charge in [0.15, 0.2) is 22.5 Å². The van der Waals surface area contributed by atoms with Gasteiger partial charge in [0.25, 0.3) is 0 Å². The van der Waals surface area contributed by atoms with Crippen molar-refractivity contribution in [1.82, 2.24) is 9.97 Å². The fraction of sp³-hybridized carbons (Fsp3) is 0.261. The maximum absolute atomic E-state index is 10.1. The predicted octanol–water partition coefficient (Wildman–Crippen LogP) is 4.84. The van der Waals surface area contributed by atoms with Crippen LogP contribution in [0, 0.1) is 11.3 Å². The molecule has 1 aromatic heterocycles. The zero-order valence-corrected chi connectivity index (χ0v) is 18.0. The summed E-state index contributed by atoms with van der Waals surface area (Å²) in [5.74, 6) is 1.87. The van der Waals surface area contributed by atoms with Crippen LogP contribution in [0.1, 0.15) is 17.5 Å². The number of thioether (sulfide) groups is 1. The average molecular weight is 419 g/mol. The zero-order chi connectivity index (χ0) is 21.1. The van der Waals surface area contributed by atoms with E-state index in [1.54, 1.807) is 14.2 Å². The van der Waals surface area contributed by atoms with Gasteiger partial charge in [-0.25, -0.2) is 9.97 Å². The number of anilines is 2. The molecular formula is C23H22N4O2S. The van der Waals surface area contributed by atoms with E-state index in [4.69, 9.17) is 14.5 Å². The van der Waals surface area contributed by atoms with E-state index in [-0.39, 0.29) is 0 Å². The van der Waals surface area contributed by atoms with Crippen molar-refractivity contribution >= 4 is 23.3 Å². The molecule has 30 heavy (non-hydrogen) atoms. The predicted molar refractivity (Wildman–Crippen MR) is 119 cm³/mol. The third-order valence-electron chi connectivity index (χ3n) is 5.19. The number of hydrogen-bond acceptors (Lipinski definition) is 7. The second-order valence-corrected chi connectivity index (χ2v) is 7.60. The van der Waals surface area contributed by atoms with E-state index in [9.17, 15) is 5.26 Å². The normalized spacial score (nSPS) is 12.8. The van der Waals surface area contributed by atoms with Gasteiger partial charge >= 0.3 is 0 Å². The molecule has 4 rings (SSSR count). The molecule has 3 aromatic rings. The summed E-state index contributed by atoms with van der Waals surface area (Å²) >= 11 is 1.46. The topological polar surface area (TPSA) is 71.3 Å². The van der Waals surface area contributed by atoms with Crippen molar-refractivity contribution in [3.63, 3.8) is 0 Å². The number of para-hydroxylation sites is 1. The molecule has 1 aliphatic rings. The quantitative estimate of drug-likeness (QED) is 0.434. The van der Waals surface area contributed by atoms with Crippen molar-refractivity contribution < 1.29 is 9.47 Å². The number of ether oxygens (including phenoxy) is 2. The number of hydrogen-bond donors (Lipinski definition) is 0. The summed E-state index contributed by atoms with van der Waals surface area (Å²) in [6.07, 6.45) is 3.97. The summed E-state index contributed by atoms with van der Waals surface area (Å²) in [6, 6.07) is 16.2. The number of aromatic nitrogens is 2. The van der Waals surface area contributed by atoms with E-state index in [0.29, 0.717) is 33.7 Å². The number of methoxy groups -OCH3 is 2. The van der Waals surface area contributed by atoms with Crippen molar-refractivity contribution in [1.29, 1.82) is 5.26 Å². The van der Waals surface area contributed by atoms with E-state index in [2.05, 4.69) is 34.2 Å². The second-order valence-electron chi connectivity index (χ2n) is 6.82. The van der Waals surface area contributed by atoms with E-state index >= 15 is 0 Å². The fourth-order valence-corrected chi connectivity index (χ4v) is 4.12. The SMILES string of the molecule is COc1ccc(-c2nc(SC)nc(N3CCCc4ccccc43)c2C#N)cc1OC. The molecule has 1 aliphatic heterocycles. The van der Waals surface area contributed by atoms with Gasteiger partial charge in [-0.2, -0.15) is 5.26 Å². The summed E-state index contributed by atoms with van der Waals surface area (Å²) in [4.78, 5) is 11.6. The minimum atomic E-state index is 0.455. The Kier molecular flexibility index (Phi) is 5.77. The van der Waals surface area contributed by atoms with Crippen LogP contribution in [0.15, 0.2) is 47.6 Å². The molecule has 0 spiro atoms. The van der Waals surface area contributed by atoms with Crippen LogP contribution in [0.4, 0.5) is 11.5 Å². The molecule has 2 heterocycles. The number of fused-ring (bicyclic) bond motifs is 1. The Hall–Kier alpha value is -3.24. The third kappa shape index (κ3) is 3.55. The first-order chi connectivity index (χ1) is 14.7. The molecule has 0 N–H and O–H groups in total. The Morgan fingerprint density at radius 1 is 1.07 bits per heavy atom. The Bertz CT molecular complexity index is 1130. The standard InChI is InChI=1S/C23H22N4O2S/c1-28-19-11-10-16(13-20(19)29-2)21-17(14-24)22(26-23(25-21)30-3)27-12-6-8-15-7-4-5-9-18(15)27/h4-5,7,9-11,13H,6,8,12H2,1-3H3. The average Bonchev–Trinajstić information content (AvgIpc) is 2.82. The van der Waals surface area contributed by atoms with Crippen LogP contribution in [0.2, 0.25) is 0 Å². The van der Waals surface area contributed by atoms with Crippen LogP contribution < -0.4 is 14.4 Å². The maximum Gasteiger partial charge on any atom is 0.189 e. The molecule has 0 fully saturated rings. The Morgan fingerprint density at radius 3 is 2.60 bits per heavy atom. The zero-order valence-electron chi connectivity index (χ0n) is 17.2. The second kappa shape index (κ2) is 8.64. The summed E-state index contributed by atoms with van der Waals surface area (Å²) in [5.41, 5.74) is 4.20. The molecule has 0 radical (unpaired) electrons. The monoisotopic (exact) mass is 418 g/mol. The van der Waals surface area contributed by atoms with Crippen LogP contribution in [0.3, 0.4) is 0 Å². The molecule has 0 saturated carbocycles. The molecule has 0 atom stereocenters. The van der Waals surface area contributed by atoms with Crippen LogP contribution in [0.5, 0.6) is 11.5 Å². The van der Waals surface area contributed by atoms with Crippen molar-refractivity contribution in [3.05, 3.63) is 53.6 Å². The number of rotatable bonds is 5. The van der Waals surface area contributed by atoms with Gasteiger partial charge in [0.1, 0.15) is 11.6 Å². The van der Waals surface area contributed by atoms with E-state index in [1.807, 2.05) is 30.5 Å². The first-order valence-corrected chi connectivity index (χ1v) is 10.9. The first kappa shape index (κ1) is 20.0. The van der Waals surface area contributed by atoms with Crippen LogP contribution in [-0.2, 0) is 6.42 Å². The third-order valence-corrected chi connectivity index (χ3v) is 5.73. The fourth-order valence-electron chi connectivity index (χ4n) is 3.76. The van der Waals surface area contributed by atoms with Gasteiger partial charge in [-0.1, -0.05) is 30.0 Å². The van der Waals surface area contributed by atoms with Crippen LogP contribution in [0.25, 0.3) is 11.3 Å². The van der Waals surface area contributed by atoms with Crippen LogP contribution >= 0.6 is 11.8 Å². The van der Waals surface area contributed by atoms with Gasteiger partial charge in [-0.05, 0) is 48.9 Å². The highest BCUT2D eigenvalue weighted by atomic mass is 32.2. The summed E-state index contributed by atoms with van der Waals surface area (Å²) in [7, 11) is 3.19. The van der Waals surface area contributed by atoms with Crippen LogP contribution in [-0.4, -0.2) is 37.0 Å². The molecule has 7 heteroatoms. The minimum Gasteiger partial charge on any atom is -0.493 e. The van der Waals surface area contributed by atoms with E-state index < -0.39 is 0 Å². The molecule has 152 valence electrons. The smallest absolute Gasteiger partial charge is 0.189 e. The number of nitrogens with zero attached hydrogens (tertiary/aromatic N) is 4. The van der Waals surface area contributed by atoms with Gasteiger partial charge in [-0.3, -0.25) is 0 Å². The molecule has 0 amide bonds. The molecule has 6 nitrogen and oxygen atoms in total.